The average Bonchev–Trinajstić information content (AvgIpc) is 2.65. The minimum absolute atomic E-state index is 0.0547. The summed E-state index contributed by atoms with van der Waals surface area (Å²) in [7, 11) is -4.95. The van der Waals surface area contributed by atoms with Gasteiger partial charge in [-0.3, -0.25) is 9.09 Å². The molecule has 0 aromatic carbocycles. The highest BCUT2D eigenvalue weighted by Crippen LogP contribution is 2.44. The minimum Gasteiger partial charge on any atom is -0.394 e. The van der Waals surface area contributed by atoms with Crippen LogP contribution in [0.4, 0.5) is 5.82 Å². The van der Waals surface area contributed by atoms with E-state index < -0.39 is 44.7 Å². The van der Waals surface area contributed by atoms with E-state index in [4.69, 9.17) is 25.4 Å². The molecule has 0 amide bonds. The summed E-state index contributed by atoms with van der Waals surface area (Å²) in [5.41, 5.74) is 4.48. The summed E-state index contributed by atoms with van der Waals surface area (Å²) in [6.07, 6.45) is -4.47. The molecular weight excluding hydrogens is 309 g/mol. The summed E-state index contributed by atoms with van der Waals surface area (Å²) >= 11 is 0. The van der Waals surface area contributed by atoms with E-state index in [0.29, 0.717) is 0 Å². The topological polar surface area (TPSA) is 177 Å². The number of aromatic nitrogens is 2. The fraction of sp³-hybridized carbons (Fsp3) is 0.556. The number of hydrogen-bond acceptors (Lipinski definition) is 8. The molecule has 4 atom stereocenters. The van der Waals surface area contributed by atoms with Gasteiger partial charge in [0.1, 0.15) is 24.1 Å². The molecule has 0 unspecified atom stereocenters. The zero-order valence-electron chi connectivity index (χ0n) is 10.5. The Morgan fingerprint density at radius 1 is 1.52 bits per heavy atom. The van der Waals surface area contributed by atoms with Crippen molar-refractivity contribution in [1.29, 1.82) is 0 Å². The number of anilines is 1. The fourth-order valence-corrected chi connectivity index (χ4v) is 2.53. The summed E-state index contributed by atoms with van der Waals surface area (Å²) in [6, 6.07) is 1.26. The second-order valence-corrected chi connectivity index (χ2v) is 5.53. The SMILES string of the molecule is Nc1ccn([C@H]2O[C@@H](CO)[C@@H](O)[C@H]2OP(=O)(O)O)c(=O)n1. The highest BCUT2D eigenvalue weighted by Gasteiger charge is 2.48. The zero-order chi connectivity index (χ0) is 15.8. The Morgan fingerprint density at radius 2 is 2.19 bits per heavy atom. The molecule has 1 aromatic rings. The predicted molar refractivity (Wildman–Crippen MR) is 66.8 cm³/mol. The maximum atomic E-state index is 11.7. The monoisotopic (exact) mass is 323 g/mol. The normalized spacial score (nSPS) is 29.7. The largest absolute Gasteiger partial charge is 0.470 e. The van der Waals surface area contributed by atoms with Gasteiger partial charge >= 0.3 is 13.5 Å². The van der Waals surface area contributed by atoms with Crippen LogP contribution in [0.1, 0.15) is 6.23 Å². The van der Waals surface area contributed by atoms with Gasteiger partial charge in [0.05, 0.1) is 6.61 Å². The highest BCUT2D eigenvalue weighted by molar-refractivity contribution is 7.46. The molecule has 21 heavy (non-hydrogen) atoms. The molecule has 0 spiro atoms. The molecule has 0 radical (unpaired) electrons. The molecular formula is C9H14N3O8P. The van der Waals surface area contributed by atoms with Crippen molar-refractivity contribution in [2.24, 2.45) is 0 Å². The molecule has 6 N–H and O–H groups in total. The summed E-state index contributed by atoms with van der Waals surface area (Å²) in [6.45, 7) is -0.629. The maximum Gasteiger partial charge on any atom is 0.470 e. The smallest absolute Gasteiger partial charge is 0.394 e. The van der Waals surface area contributed by atoms with E-state index in [0.717, 1.165) is 4.57 Å². The van der Waals surface area contributed by atoms with Crippen LogP contribution >= 0.6 is 7.82 Å². The molecule has 1 fully saturated rings. The Hall–Kier alpha value is -1.33. The summed E-state index contributed by atoms with van der Waals surface area (Å²) in [5.74, 6) is -0.0547. The number of phosphoric acid groups is 1. The molecule has 0 saturated carbocycles. The summed E-state index contributed by atoms with van der Waals surface area (Å²) in [4.78, 5) is 32.9. The van der Waals surface area contributed by atoms with Gasteiger partial charge in [0, 0.05) is 6.20 Å². The lowest BCUT2D eigenvalue weighted by Crippen LogP contribution is -2.37. The molecule has 0 bridgehead atoms. The van der Waals surface area contributed by atoms with E-state index >= 15 is 0 Å². The van der Waals surface area contributed by atoms with Crippen molar-refractivity contribution in [2.45, 2.75) is 24.5 Å². The molecule has 2 rings (SSSR count). The lowest BCUT2D eigenvalue weighted by molar-refractivity contribution is -0.0543. The van der Waals surface area contributed by atoms with Gasteiger partial charge in [0.15, 0.2) is 6.23 Å². The van der Waals surface area contributed by atoms with Crippen LogP contribution in [0.25, 0.3) is 0 Å². The van der Waals surface area contributed by atoms with Crippen molar-refractivity contribution in [3.8, 4) is 0 Å². The molecule has 11 nitrogen and oxygen atoms in total. The van der Waals surface area contributed by atoms with Crippen molar-refractivity contribution in [3.63, 3.8) is 0 Å². The number of nitrogen functional groups attached to an aromatic ring is 1. The Labute approximate surface area is 117 Å². The van der Waals surface area contributed by atoms with Crippen molar-refractivity contribution in [2.75, 3.05) is 12.3 Å². The number of nitrogens with two attached hydrogens (primary N) is 1. The van der Waals surface area contributed by atoms with E-state index in [-0.39, 0.29) is 5.82 Å². The molecule has 12 heteroatoms. The average molecular weight is 323 g/mol. The minimum atomic E-state index is -4.95. The first kappa shape index (κ1) is 16.0. The number of nitrogens with zero attached hydrogens (tertiary/aromatic N) is 2. The molecule has 1 aromatic heterocycles. The van der Waals surface area contributed by atoms with Crippen LogP contribution in [0.15, 0.2) is 17.1 Å². The second kappa shape index (κ2) is 5.81. The molecule has 1 saturated heterocycles. The standard InChI is InChI=1S/C9H14N3O8P/c10-5-1-2-12(9(15)11-5)8-7(20-21(16,17)18)6(14)4(3-13)19-8/h1-2,4,6-8,13-14H,3H2,(H2,10,11,15)(H2,16,17,18)/t4-,6+,7+,8-/m0/s1. The predicted octanol–water partition coefficient (Wildman–Crippen LogP) is -2.45. The third-order valence-electron chi connectivity index (χ3n) is 2.88. The van der Waals surface area contributed by atoms with Gasteiger partial charge < -0.3 is 30.5 Å². The van der Waals surface area contributed by atoms with Gasteiger partial charge in [-0.05, 0) is 6.07 Å². The van der Waals surface area contributed by atoms with E-state index in [2.05, 4.69) is 9.51 Å². The van der Waals surface area contributed by atoms with Crippen molar-refractivity contribution < 1.29 is 33.8 Å². The van der Waals surface area contributed by atoms with E-state index in [9.17, 15) is 14.5 Å². The van der Waals surface area contributed by atoms with Crippen LogP contribution in [0, 0.1) is 0 Å². The number of aliphatic hydroxyl groups excluding tert-OH is 2. The summed E-state index contributed by atoms with van der Waals surface area (Å²) in [5, 5.41) is 18.9. The number of ether oxygens (including phenoxy) is 1. The first-order valence-corrected chi connectivity index (χ1v) is 7.29. The highest BCUT2D eigenvalue weighted by atomic mass is 31.2. The molecule has 2 heterocycles. The second-order valence-electron chi connectivity index (χ2n) is 4.34. The van der Waals surface area contributed by atoms with Crippen molar-refractivity contribution in [3.05, 3.63) is 22.7 Å². The van der Waals surface area contributed by atoms with Crippen LogP contribution < -0.4 is 11.4 Å². The first-order valence-electron chi connectivity index (χ1n) is 5.76. The molecule has 0 aliphatic carbocycles. The van der Waals surface area contributed by atoms with E-state index in [1.54, 1.807) is 0 Å². The van der Waals surface area contributed by atoms with Crippen molar-refractivity contribution in [1.82, 2.24) is 9.55 Å². The number of phosphoric ester groups is 1. The Balaban J connectivity index is 2.39. The molecule has 1 aliphatic rings. The van der Waals surface area contributed by atoms with Crippen LogP contribution in [0.5, 0.6) is 0 Å². The van der Waals surface area contributed by atoms with Gasteiger partial charge in [0.25, 0.3) is 0 Å². The Kier molecular flexibility index (Phi) is 4.44. The number of hydrogen-bond donors (Lipinski definition) is 5. The van der Waals surface area contributed by atoms with Crippen LogP contribution in [-0.4, -0.2) is 54.5 Å². The van der Waals surface area contributed by atoms with Gasteiger partial charge in [-0.15, -0.1) is 0 Å². The van der Waals surface area contributed by atoms with Gasteiger partial charge in [-0.2, -0.15) is 4.98 Å². The fourth-order valence-electron chi connectivity index (χ4n) is 1.98. The molecule has 1 aliphatic heterocycles. The zero-order valence-corrected chi connectivity index (χ0v) is 11.4. The molecule has 118 valence electrons. The van der Waals surface area contributed by atoms with Crippen LogP contribution in [0.2, 0.25) is 0 Å². The number of aliphatic hydroxyl groups is 2. The third-order valence-corrected chi connectivity index (χ3v) is 3.40. The van der Waals surface area contributed by atoms with Gasteiger partial charge in [-0.25, -0.2) is 9.36 Å². The first-order chi connectivity index (χ1) is 9.73. The van der Waals surface area contributed by atoms with E-state index in [1.165, 1.54) is 12.3 Å². The number of rotatable bonds is 4. The van der Waals surface area contributed by atoms with Crippen LogP contribution in [0.3, 0.4) is 0 Å². The third kappa shape index (κ3) is 3.47. The Bertz CT molecular complexity index is 615. The van der Waals surface area contributed by atoms with Gasteiger partial charge in [0.2, 0.25) is 0 Å². The quantitative estimate of drug-likeness (QED) is 0.374. The summed E-state index contributed by atoms with van der Waals surface area (Å²) < 4.78 is 21.5. The van der Waals surface area contributed by atoms with Gasteiger partial charge in [-0.1, -0.05) is 0 Å². The van der Waals surface area contributed by atoms with E-state index in [1.807, 2.05) is 0 Å². The lowest BCUT2D eigenvalue weighted by Gasteiger charge is -2.22. The lowest BCUT2D eigenvalue weighted by atomic mass is 10.1. The van der Waals surface area contributed by atoms with Crippen LogP contribution in [-0.2, 0) is 13.8 Å². The van der Waals surface area contributed by atoms with Crippen molar-refractivity contribution >= 4 is 13.6 Å². The maximum absolute atomic E-state index is 11.7. The Morgan fingerprint density at radius 3 is 2.71 bits per heavy atom.